The maximum Gasteiger partial charge on any atom is 0.414 e. The van der Waals surface area contributed by atoms with Gasteiger partial charge in [0, 0.05) is 18.6 Å². The molecule has 0 saturated heterocycles. The summed E-state index contributed by atoms with van der Waals surface area (Å²) in [7, 11) is 0. The van der Waals surface area contributed by atoms with Gasteiger partial charge < -0.3 is 4.74 Å². The Morgan fingerprint density at radius 3 is 2.44 bits per heavy atom. The third kappa shape index (κ3) is 5.02. The first-order valence-corrected chi connectivity index (χ1v) is 8.56. The Morgan fingerprint density at radius 2 is 1.92 bits per heavy atom. The van der Waals surface area contributed by atoms with E-state index in [0.717, 1.165) is 12.0 Å². The van der Waals surface area contributed by atoms with Crippen LogP contribution in [0.25, 0.3) is 0 Å². The number of carbonyl (C=O) groups excluding carboxylic acids is 2. The van der Waals surface area contributed by atoms with Gasteiger partial charge in [-0.15, -0.1) is 0 Å². The number of carbonyl (C=O) groups is 2. The van der Waals surface area contributed by atoms with Crippen LogP contribution < -0.4 is 5.32 Å². The van der Waals surface area contributed by atoms with Crippen molar-refractivity contribution in [1.82, 2.24) is 5.32 Å². The van der Waals surface area contributed by atoms with E-state index >= 15 is 0 Å². The zero-order valence-corrected chi connectivity index (χ0v) is 15.3. The van der Waals surface area contributed by atoms with Crippen LogP contribution in [-0.4, -0.2) is 29.4 Å². The maximum atomic E-state index is 12.5. The molecule has 1 aliphatic heterocycles. The molecule has 0 bridgehead atoms. The smallest absolute Gasteiger partial charge is 0.414 e. The van der Waals surface area contributed by atoms with Gasteiger partial charge in [0.2, 0.25) is 5.91 Å². The lowest BCUT2D eigenvalue weighted by Gasteiger charge is -2.33. The highest BCUT2D eigenvalue weighted by Gasteiger charge is 2.38. The second-order valence-electron chi connectivity index (χ2n) is 7.20. The molecule has 1 heterocycles. The lowest BCUT2D eigenvalue weighted by atomic mass is 9.76. The Labute approximate surface area is 149 Å². The van der Waals surface area contributed by atoms with Gasteiger partial charge in [-0.3, -0.25) is 15.1 Å². The fourth-order valence-electron chi connectivity index (χ4n) is 3.02. The van der Waals surface area contributed by atoms with Gasteiger partial charge in [-0.1, -0.05) is 43.3 Å². The number of nitrogens with one attached hydrogen (secondary N) is 1. The Balaban J connectivity index is 2.17. The largest absolute Gasteiger partial charge is 0.444 e. The van der Waals surface area contributed by atoms with E-state index in [1.807, 2.05) is 42.5 Å². The average Bonchev–Trinajstić information content (AvgIpc) is 3.01. The van der Waals surface area contributed by atoms with Gasteiger partial charge in [0.25, 0.3) is 0 Å². The van der Waals surface area contributed by atoms with Crippen molar-refractivity contribution in [2.75, 3.05) is 0 Å². The number of alkyl carbamates (subject to hydrolysis) is 1. The van der Waals surface area contributed by atoms with Gasteiger partial charge in [-0.2, -0.15) is 0 Å². The summed E-state index contributed by atoms with van der Waals surface area (Å²) in [6, 6.07) is 9.81. The predicted octanol–water partition coefficient (Wildman–Crippen LogP) is 4.00. The minimum atomic E-state index is -0.722. The second kappa shape index (κ2) is 7.64. The number of ether oxygens (including phenoxy) is 1. The highest BCUT2D eigenvalue weighted by Crippen LogP contribution is 2.40. The fourth-order valence-corrected chi connectivity index (χ4v) is 3.02. The number of rotatable bonds is 5. The molecule has 2 amide bonds. The molecule has 134 valence electrons. The molecule has 1 aromatic carbocycles. The zero-order valence-electron chi connectivity index (χ0n) is 15.3. The molecule has 0 saturated carbocycles. The monoisotopic (exact) mass is 342 g/mol. The topological polar surface area (TPSA) is 67.8 Å². The molecule has 2 rings (SSSR count). The summed E-state index contributed by atoms with van der Waals surface area (Å²) in [6.07, 6.45) is 5.90. The lowest BCUT2D eigenvalue weighted by Crippen LogP contribution is -2.39. The second-order valence-corrected chi connectivity index (χ2v) is 7.20. The number of hydrogen-bond donors (Lipinski definition) is 1. The van der Waals surface area contributed by atoms with E-state index in [4.69, 9.17) is 4.74 Å². The SMILES string of the molecule is CCC1(C(CC(=O)NC(=O)OC(C)(C)C)c2ccccc2)C=CC=N1. The average molecular weight is 342 g/mol. The predicted molar refractivity (Wildman–Crippen MR) is 98.8 cm³/mol. The van der Waals surface area contributed by atoms with E-state index < -0.39 is 17.2 Å². The first-order chi connectivity index (χ1) is 11.8. The van der Waals surface area contributed by atoms with Crippen LogP contribution in [0.15, 0.2) is 47.5 Å². The number of imide groups is 1. The van der Waals surface area contributed by atoms with E-state index in [-0.39, 0.29) is 18.2 Å². The maximum absolute atomic E-state index is 12.5. The van der Waals surface area contributed by atoms with E-state index in [1.165, 1.54) is 0 Å². The summed E-state index contributed by atoms with van der Waals surface area (Å²) in [5.41, 5.74) is -0.0914. The normalized spacial score (nSPS) is 20.3. The van der Waals surface area contributed by atoms with E-state index in [9.17, 15) is 9.59 Å². The number of amides is 2. The third-order valence-corrected chi connectivity index (χ3v) is 4.19. The molecule has 2 unspecified atom stereocenters. The number of hydrogen-bond acceptors (Lipinski definition) is 4. The minimum Gasteiger partial charge on any atom is -0.444 e. The van der Waals surface area contributed by atoms with Crippen molar-refractivity contribution >= 4 is 18.2 Å². The van der Waals surface area contributed by atoms with Crippen molar-refractivity contribution in [2.45, 2.75) is 57.6 Å². The quantitative estimate of drug-likeness (QED) is 0.879. The number of nitrogens with zero attached hydrogens (tertiary/aromatic N) is 1. The van der Waals surface area contributed by atoms with E-state index in [2.05, 4.69) is 17.2 Å². The molecule has 0 radical (unpaired) electrons. The summed E-state index contributed by atoms with van der Waals surface area (Å²) >= 11 is 0. The van der Waals surface area contributed by atoms with Gasteiger partial charge >= 0.3 is 6.09 Å². The molecule has 5 heteroatoms. The number of allylic oxidation sites excluding steroid dienone is 1. The van der Waals surface area contributed by atoms with Crippen LogP contribution >= 0.6 is 0 Å². The Hall–Kier alpha value is -2.43. The van der Waals surface area contributed by atoms with Crippen molar-refractivity contribution in [1.29, 1.82) is 0 Å². The van der Waals surface area contributed by atoms with Gasteiger partial charge in [0.1, 0.15) is 5.60 Å². The summed E-state index contributed by atoms with van der Waals surface area (Å²) in [4.78, 5) is 28.9. The first kappa shape index (κ1) is 18.9. The molecule has 25 heavy (non-hydrogen) atoms. The summed E-state index contributed by atoms with van der Waals surface area (Å²) in [5.74, 6) is -0.525. The van der Waals surface area contributed by atoms with Crippen molar-refractivity contribution in [3.8, 4) is 0 Å². The molecule has 0 fully saturated rings. The number of benzene rings is 1. The van der Waals surface area contributed by atoms with Gasteiger partial charge in [-0.25, -0.2) is 4.79 Å². The van der Waals surface area contributed by atoms with E-state index in [1.54, 1.807) is 27.0 Å². The molecule has 1 aromatic rings. The molecular weight excluding hydrogens is 316 g/mol. The summed E-state index contributed by atoms with van der Waals surface area (Å²) in [5, 5.41) is 2.33. The molecule has 2 atom stereocenters. The first-order valence-electron chi connectivity index (χ1n) is 8.56. The molecular formula is C20H26N2O3. The lowest BCUT2D eigenvalue weighted by molar-refractivity contribution is -0.121. The summed E-state index contributed by atoms with van der Waals surface area (Å²) < 4.78 is 5.16. The molecule has 0 aliphatic carbocycles. The van der Waals surface area contributed by atoms with Gasteiger partial charge in [-0.05, 0) is 38.8 Å². The highest BCUT2D eigenvalue weighted by atomic mass is 16.6. The van der Waals surface area contributed by atoms with E-state index in [0.29, 0.717) is 0 Å². The van der Waals surface area contributed by atoms with Gasteiger partial charge in [0.15, 0.2) is 0 Å². The van der Waals surface area contributed by atoms with Crippen LogP contribution in [0.1, 0.15) is 52.0 Å². The van der Waals surface area contributed by atoms with Crippen molar-refractivity contribution in [3.05, 3.63) is 48.0 Å². The van der Waals surface area contributed by atoms with Crippen LogP contribution in [0, 0.1) is 0 Å². The Kier molecular flexibility index (Phi) is 5.77. The standard InChI is InChI=1S/C20H26N2O3/c1-5-20(12-9-13-21-20)16(15-10-7-6-8-11-15)14-17(23)22-18(24)25-19(2,3)4/h6-13,16H,5,14H2,1-4H3,(H,22,23,24). The molecule has 0 aromatic heterocycles. The van der Waals surface area contributed by atoms with Crippen LogP contribution in [0.2, 0.25) is 0 Å². The Bertz CT molecular complexity index is 660. The van der Waals surface area contributed by atoms with Crippen molar-refractivity contribution in [3.63, 3.8) is 0 Å². The molecule has 1 aliphatic rings. The highest BCUT2D eigenvalue weighted by molar-refractivity contribution is 5.92. The minimum absolute atomic E-state index is 0.152. The molecule has 0 spiro atoms. The van der Waals surface area contributed by atoms with Crippen LogP contribution in [-0.2, 0) is 9.53 Å². The van der Waals surface area contributed by atoms with Crippen molar-refractivity contribution in [2.24, 2.45) is 4.99 Å². The van der Waals surface area contributed by atoms with Crippen LogP contribution in [0.4, 0.5) is 4.79 Å². The number of aliphatic imine (C=N–C) groups is 1. The van der Waals surface area contributed by atoms with Crippen LogP contribution in [0.5, 0.6) is 0 Å². The zero-order chi connectivity index (χ0) is 18.5. The molecule has 1 N–H and O–H groups in total. The fraction of sp³-hybridized carbons (Fsp3) is 0.450. The Morgan fingerprint density at radius 1 is 1.24 bits per heavy atom. The van der Waals surface area contributed by atoms with Crippen molar-refractivity contribution < 1.29 is 14.3 Å². The van der Waals surface area contributed by atoms with Crippen LogP contribution in [0.3, 0.4) is 0 Å². The molecule has 5 nitrogen and oxygen atoms in total. The summed E-state index contributed by atoms with van der Waals surface area (Å²) in [6.45, 7) is 7.32. The third-order valence-electron chi connectivity index (χ3n) is 4.19. The van der Waals surface area contributed by atoms with Gasteiger partial charge in [0.05, 0.1) is 5.54 Å².